The molecular formula is C15H23NOS. The van der Waals surface area contributed by atoms with Gasteiger partial charge in [-0.3, -0.25) is 0 Å². The van der Waals surface area contributed by atoms with Crippen molar-refractivity contribution in [2.24, 2.45) is 0 Å². The average Bonchev–Trinajstić information content (AvgIpc) is 2.88. The topological polar surface area (TPSA) is 21.3 Å². The summed E-state index contributed by atoms with van der Waals surface area (Å²) in [5, 5.41) is 3.42. The quantitative estimate of drug-likeness (QED) is 0.797. The number of rotatable bonds is 6. The lowest BCUT2D eigenvalue weighted by molar-refractivity contribution is 0.129. The minimum Gasteiger partial charge on any atom is -0.377 e. The van der Waals surface area contributed by atoms with E-state index in [9.17, 15) is 0 Å². The summed E-state index contributed by atoms with van der Waals surface area (Å²) < 4.78 is 5.68. The SMILES string of the molecule is CCNCc1cc(C)ccc1SCC1CCCO1. The van der Waals surface area contributed by atoms with Crippen molar-refractivity contribution in [1.82, 2.24) is 5.32 Å². The van der Waals surface area contributed by atoms with Crippen LogP contribution < -0.4 is 5.32 Å². The van der Waals surface area contributed by atoms with Gasteiger partial charge < -0.3 is 10.1 Å². The molecule has 0 aromatic heterocycles. The lowest BCUT2D eigenvalue weighted by atomic mass is 10.1. The molecule has 1 saturated heterocycles. The number of ether oxygens (including phenoxy) is 1. The minimum atomic E-state index is 0.461. The van der Waals surface area contributed by atoms with Crippen molar-refractivity contribution < 1.29 is 4.74 Å². The van der Waals surface area contributed by atoms with Crippen LogP contribution in [-0.4, -0.2) is 25.0 Å². The zero-order chi connectivity index (χ0) is 12.8. The molecule has 1 aliphatic heterocycles. The molecule has 0 amide bonds. The third-order valence-corrected chi connectivity index (χ3v) is 4.48. The van der Waals surface area contributed by atoms with E-state index in [0.29, 0.717) is 6.10 Å². The fourth-order valence-electron chi connectivity index (χ4n) is 2.21. The monoisotopic (exact) mass is 265 g/mol. The maximum absolute atomic E-state index is 5.68. The summed E-state index contributed by atoms with van der Waals surface area (Å²) in [7, 11) is 0. The van der Waals surface area contributed by atoms with E-state index >= 15 is 0 Å². The fourth-order valence-corrected chi connectivity index (χ4v) is 3.31. The second kappa shape index (κ2) is 7.17. The van der Waals surface area contributed by atoms with Gasteiger partial charge in [0.15, 0.2) is 0 Å². The first kappa shape index (κ1) is 13.9. The Morgan fingerprint density at radius 1 is 1.44 bits per heavy atom. The highest BCUT2D eigenvalue weighted by Crippen LogP contribution is 2.27. The predicted molar refractivity (Wildman–Crippen MR) is 78.3 cm³/mol. The fraction of sp³-hybridized carbons (Fsp3) is 0.600. The molecule has 1 unspecified atom stereocenters. The van der Waals surface area contributed by atoms with Crippen molar-refractivity contribution in [3.8, 4) is 0 Å². The molecule has 0 spiro atoms. The van der Waals surface area contributed by atoms with Gasteiger partial charge in [-0.05, 0) is 37.9 Å². The molecule has 1 heterocycles. The Hall–Kier alpha value is -0.510. The van der Waals surface area contributed by atoms with Crippen molar-refractivity contribution in [2.45, 2.75) is 44.2 Å². The van der Waals surface area contributed by atoms with E-state index in [1.807, 2.05) is 11.8 Å². The summed E-state index contributed by atoms with van der Waals surface area (Å²) in [6.07, 6.45) is 2.91. The molecule has 1 N–H and O–H groups in total. The Balaban J connectivity index is 1.96. The second-order valence-electron chi connectivity index (χ2n) is 4.84. The molecule has 3 heteroatoms. The molecule has 0 saturated carbocycles. The van der Waals surface area contributed by atoms with E-state index in [1.54, 1.807) is 0 Å². The van der Waals surface area contributed by atoms with Crippen molar-refractivity contribution in [1.29, 1.82) is 0 Å². The first-order valence-corrected chi connectivity index (χ1v) is 7.83. The number of aryl methyl sites for hydroxylation is 1. The standard InChI is InChI=1S/C15H23NOS/c1-3-16-10-13-9-12(2)6-7-15(13)18-11-14-5-4-8-17-14/h6-7,9,14,16H,3-5,8,10-11H2,1-2H3. The highest BCUT2D eigenvalue weighted by Gasteiger charge is 2.16. The van der Waals surface area contributed by atoms with Crippen LogP contribution in [0.25, 0.3) is 0 Å². The Morgan fingerprint density at radius 3 is 3.06 bits per heavy atom. The van der Waals surface area contributed by atoms with E-state index in [4.69, 9.17) is 4.74 Å². The number of thioether (sulfide) groups is 1. The van der Waals surface area contributed by atoms with Gasteiger partial charge in [-0.2, -0.15) is 0 Å². The third-order valence-electron chi connectivity index (χ3n) is 3.23. The van der Waals surface area contributed by atoms with Crippen LogP contribution in [0.1, 0.15) is 30.9 Å². The van der Waals surface area contributed by atoms with Crippen LogP contribution in [0.4, 0.5) is 0 Å². The van der Waals surface area contributed by atoms with Gasteiger partial charge in [0.05, 0.1) is 6.10 Å². The minimum absolute atomic E-state index is 0.461. The summed E-state index contributed by atoms with van der Waals surface area (Å²) >= 11 is 1.94. The molecule has 2 nitrogen and oxygen atoms in total. The van der Waals surface area contributed by atoms with Gasteiger partial charge >= 0.3 is 0 Å². The van der Waals surface area contributed by atoms with Gasteiger partial charge in [0.2, 0.25) is 0 Å². The van der Waals surface area contributed by atoms with Gasteiger partial charge in [0.25, 0.3) is 0 Å². The summed E-state index contributed by atoms with van der Waals surface area (Å²) in [5.74, 6) is 1.09. The molecular weight excluding hydrogens is 242 g/mol. The molecule has 1 fully saturated rings. The first-order valence-electron chi connectivity index (χ1n) is 6.84. The van der Waals surface area contributed by atoms with E-state index < -0.39 is 0 Å². The van der Waals surface area contributed by atoms with Gasteiger partial charge in [0.1, 0.15) is 0 Å². The predicted octanol–water partition coefficient (Wildman–Crippen LogP) is 3.38. The molecule has 1 aromatic rings. The van der Waals surface area contributed by atoms with Crippen LogP contribution in [-0.2, 0) is 11.3 Å². The summed E-state index contributed by atoms with van der Waals surface area (Å²) in [5.41, 5.74) is 2.75. The van der Waals surface area contributed by atoms with Crippen molar-refractivity contribution in [3.05, 3.63) is 29.3 Å². The van der Waals surface area contributed by atoms with Crippen LogP contribution in [0.15, 0.2) is 23.1 Å². The van der Waals surface area contributed by atoms with Crippen LogP contribution in [0.3, 0.4) is 0 Å². The van der Waals surface area contributed by atoms with Gasteiger partial charge in [-0.1, -0.05) is 24.6 Å². The molecule has 18 heavy (non-hydrogen) atoms. The summed E-state index contributed by atoms with van der Waals surface area (Å²) in [6.45, 7) is 7.23. The zero-order valence-electron chi connectivity index (χ0n) is 11.4. The Labute approximate surface area is 114 Å². The van der Waals surface area contributed by atoms with Crippen LogP contribution in [0, 0.1) is 6.92 Å². The van der Waals surface area contributed by atoms with E-state index in [-0.39, 0.29) is 0 Å². The highest BCUT2D eigenvalue weighted by atomic mass is 32.2. The second-order valence-corrected chi connectivity index (χ2v) is 5.90. The van der Waals surface area contributed by atoms with Crippen molar-refractivity contribution in [2.75, 3.05) is 18.9 Å². The van der Waals surface area contributed by atoms with Crippen LogP contribution in [0.5, 0.6) is 0 Å². The summed E-state index contributed by atoms with van der Waals surface area (Å²) in [6, 6.07) is 6.75. The first-order chi connectivity index (χ1) is 8.79. The molecule has 1 atom stereocenters. The molecule has 2 rings (SSSR count). The van der Waals surface area contributed by atoms with E-state index in [2.05, 4.69) is 37.4 Å². The molecule has 0 aliphatic carbocycles. The van der Waals surface area contributed by atoms with Gasteiger partial charge in [-0.15, -0.1) is 11.8 Å². The van der Waals surface area contributed by atoms with Gasteiger partial charge in [-0.25, -0.2) is 0 Å². The Kier molecular flexibility index (Phi) is 5.54. The molecule has 100 valence electrons. The normalized spacial score (nSPS) is 19.3. The maximum atomic E-state index is 5.68. The van der Waals surface area contributed by atoms with E-state index in [1.165, 1.54) is 28.9 Å². The van der Waals surface area contributed by atoms with Crippen LogP contribution in [0.2, 0.25) is 0 Å². The van der Waals surface area contributed by atoms with Crippen LogP contribution >= 0.6 is 11.8 Å². The van der Waals surface area contributed by atoms with Crippen molar-refractivity contribution in [3.63, 3.8) is 0 Å². The summed E-state index contributed by atoms with van der Waals surface area (Å²) in [4.78, 5) is 1.40. The lowest BCUT2D eigenvalue weighted by Gasteiger charge is -2.13. The highest BCUT2D eigenvalue weighted by molar-refractivity contribution is 7.99. The molecule has 1 aromatic carbocycles. The Bertz CT molecular complexity index is 375. The number of nitrogens with one attached hydrogen (secondary N) is 1. The molecule has 0 bridgehead atoms. The molecule has 1 aliphatic rings. The third kappa shape index (κ3) is 4.01. The number of hydrogen-bond acceptors (Lipinski definition) is 3. The average molecular weight is 265 g/mol. The number of hydrogen-bond donors (Lipinski definition) is 1. The van der Waals surface area contributed by atoms with Crippen molar-refractivity contribution >= 4 is 11.8 Å². The number of benzene rings is 1. The Morgan fingerprint density at radius 2 is 2.33 bits per heavy atom. The zero-order valence-corrected chi connectivity index (χ0v) is 12.2. The smallest absolute Gasteiger partial charge is 0.0669 e. The largest absolute Gasteiger partial charge is 0.377 e. The van der Waals surface area contributed by atoms with E-state index in [0.717, 1.165) is 25.4 Å². The van der Waals surface area contributed by atoms with Gasteiger partial charge in [0, 0.05) is 23.8 Å². The molecule has 0 radical (unpaired) electrons. The maximum Gasteiger partial charge on any atom is 0.0669 e. The lowest BCUT2D eigenvalue weighted by Crippen LogP contribution is -2.13.